The highest BCUT2D eigenvalue weighted by atomic mass is 35.5. The Morgan fingerprint density at radius 1 is 1.07 bits per heavy atom. The maximum atomic E-state index is 11.1. The Morgan fingerprint density at radius 3 is 2.52 bits per heavy atom. The Labute approximate surface area is 174 Å². The Morgan fingerprint density at radius 2 is 1.83 bits per heavy atom. The topological polar surface area (TPSA) is 67.8 Å². The standard InChI is InChI=1S/C23H22ClNO4/c1-15-12-16(23(26)27)10-11-20(15)25-13-17-7-5-9-21(28-2)22(17)29-14-18-6-3-4-8-19(18)24/h3-12,25H,13-14H2,1-2H3,(H,26,27). The molecule has 0 aromatic heterocycles. The van der Waals surface area contributed by atoms with Crippen LogP contribution in [0.5, 0.6) is 11.5 Å². The summed E-state index contributed by atoms with van der Waals surface area (Å²) in [6.45, 7) is 2.68. The van der Waals surface area contributed by atoms with Crippen LogP contribution in [0.25, 0.3) is 0 Å². The fourth-order valence-corrected chi connectivity index (χ4v) is 3.17. The van der Waals surface area contributed by atoms with Gasteiger partial charge >= 0.3 is 5.97 Å². The minimum atomic E-state index is -0.942. The molecule has 0 aliphatic heterocycles. The molecule has 0 saturated heterocycles. The molecule has 0 amide bonds. The molecule has 0 unspecified atom stereocenters. The van der Waals surface area contributed by atoms with Gasteiger partial charge in [0, 0.05) is 28.4 Å². The Balaban J connectivity index is 1.79. The second kappa shape index (κ2) is 9.34. The monoisotopic (exact) mass is 411 g/mol. The number of carboxylic acid groups (broad SMARTS) is 1. The van der Waals surface area contributed by atoms with Crippen molar-refractivity contribution in [1.82, 2.24) is 0 Å². The van der Waals surface area contributed by atoms with Crippen molar-refractivity contribution < 1.29 is 19.4 Å². The lowest BCUT2D eigenvalue weighted by molar-refractivity contribution is 0.0697. The lowest BCUT2D eigenvalue weighted by atomic mass is 10.1. The number of benzene rings is 3. The zero-order valence-electron chi connectivity index (χ0n) is 16.2. The van der Waals surface area contributed by atoms with E-state index in [4.69, 9.17) is 26.2 Å². The summed E-state index contributed by atoms with van der Waals surface area (Å²) in [4.78, 5) is 11.1. The van der Waals surface area contributed by atoms with Crippen LogP contribution in [0, 0.1) is 6.92 Å². The number of ether oxygens (including phenoxy) is 2. The summed E-state index contributed by atoms with van der Waals surface area (Å²) in [5.74, 6) is 0.333. The highest BCUT2D eigenvalue weighted by molar-refractivity contribution is 6.31. The molecular weight excluding hydrogens is 390 g/mol. The molecule has 3 aromatic rings. The summed E-state index contributed by atoms with van der Waals surface area (Å²) >= 11 is 6.23. The predicted molar refractivity (Wildman–Crippen MR) is 114 cm³/mol. The van der Waals surface area contributed by atoms with Gasteiger partial charge in [0.05, 0.1) is 12.7 Å². The second-order valence-corrected chi connectivity index (χ2v) is 6.92. The second-order valence-electron chi connectivity index (χ2n) is 6.52. The SMILES string of the molecule is COc1cccc(CNc2ccc(C(=O)O)cc2C)c1OCc1ccccc1Cl. The van der Waals surface area contributed by atoms with E-state index in [1.807, 2.05) is 49.4 Å². The maximum absolute atomic E-state index is 11.1. The average Bonchev–Trinajstić information content (AvgIpc) is 2.72. The largest absolute Gasteiger partial charge is 0.493 e. The van der Waals surface area contributed by atoms with Crippen molar-refractivity contribution in [1.29, 1.82) is 0 Å². The molecule has 0 spiro atoms. The van der Waals surface area contributed by atoms with Gasteiger partial charge in [-0.3, -0.25) is 0 Å². The summed E-state index contributed by atoms with van der Waals surface area (Å²) in [5.41, 5.74) is 3.77. The van der Waals surface area contributed by atoms with Crippen LogP contribution in [0.1, 0.15) is 27.0 Å². The molecule has 29 heavy (non-hydrogen) atoms. The summed E-state index contributed by atoms with van der Waals surface area (Å²) in [6, 6.07) is 18.2. The first-order valence-electron chi connectivity index (χ1n) is 9.09. The number of para-hydroxylation sites is 1. The van der Waals surface area contributed by atoms with Crippen LogP contribution in [-0.2, 0) is 13.2 Å². The van der Waals surface area contributed by atoms with Gasteiger partial charge in [0.2, 0.25) is 0 Å². The van der Waals surface area contributed by atoms with Gasteiger partial charge in [-0.1, -0.05) is 41.9 Å². The Kier molecular flexibility index (Phi) is 6.62. The van der Waals surface area contributed by atoms with E-state index in [1.54, 1.807) is 25.3 Å². The minimum absolute atomic E-state index is 0.262. The van der Waals surface area contributed by atoms with Crippen LogP contribution < -0.4 is 14.8 Å². The molecule has 0 aliphatic rings. The van der Waals surface area contributed by atoms with Gasteiger partial charge in [-0.25, -0.2) is 4.79 Å². The number of hydrogen-bond acceptors (Lipinski definition) is 4. The van der Waals surface area contributed by atoms with E-state index in [2.05, 4.69) is 5.32 Å². The minimum Gasteiger partial charge on any atom is -0.493 e. The number of halogens is 1. The highest BCUT2D eigenvalue weighted by Gasteiger charge is 2.13. The van der Waals surface area contributed by atoms with Gasteiger partial charge in [-0.05, 0) is 42.8 Å². The lowest BCUT2D eigenvalue weighted by Gasteiger charge is -2.17. The highest BCUT2D eigenvalue weighted by Crippen LogP contribution is 2.33. The predicted octanol–water partition coefficient (Wildman–Crippen LogP) is 5.55. The molecule has 0 heterocycles. The number of nitrogens with one attached hydrogen (secondary N) is 1. The van der Waals surface area contributed by atoms with E-state index < -0.39 is 5.97 Å². The maximum Gasteiger partial charge on any atom is 0.335 e. The number of hydrogen-bond donors (Lipinski definition) is 2. The number of aryl methyl sites for hydroxylation is 1. The van der Waals surface area contributed by atoms with Gasteiger partial charge in [-0.15, -0.1) is 0 Å². The van der Waals surface area contributed by atoms with Crippen LogP contribution >= 0.6 is 11.6 Å². The smallest absolute Gasteiger partial charge is 0.335 e. The molecule has 0 aliphatic carbocycles. The van der Waals surface area contributed by atoms with E-state index >= 15 is 0 Å². The van der Waals surface area contributed by atoms with Crippen molar-refractivity contribution in [3.63, 3.8) is 0 Å². The van der Waals surface area contributed by atoms with Crippen LogP contribution in [0.4, 0.5) is 5.69 Å². The Bertz CT molecular complexity index is 1020. The molecule has 0 bridgehead atoms. The van der Waals surface area contributed by atoms with Gasteiger partial charge in [0.25, 0.3) is 0 Å². The third-order valence-corrected chi connectivity index (χ3v) is 4.92. The van der Waals surface area contributed by atoms with Crippen molar-refractivity contribution in [3.8, 4) is 11.5 Å². The van der Waals surface area contributed by atoms with Crippen molar-refractivity contribution in [2.24, 2.45) is 0 Å². The summed E-state index contributed by atoms with van der Waals surface area (Å²) < 4.78 is 11.5. The number of aromatic carboxylic acids is 1. The van der Waals surface area contributed by atoms with E-state index in [-0.39, 0.29) is 5.56 Å². The number of carbonyl (C=O) groups is 1. The molecule has 150 valence electrons. The fraction of sp³-hybridized carbons (Fsp3) is 0.174. The average molecular weight is 412 g/mol. The molecule has 0 radical (unpaired) electrons. The summed E-state index contributed by atoms with van der Waals surface area (Å²) in [7, 11) is 1.60. The lowest BCUT2D eigenvalue weighted by Crippen LogP contribution is -2.07. The molecule has 2 N–H and O–H groups in total. The summed E-state index contributed by atoms with van der Waals surface area (Å²) in [5, 5.41) is 13.1. The number of carboxylic acids is 1. The molecule has 0 saturated carbocycles. The van der Waals surface area contributed by atoms with Gasteiger partial charge in [-0.2, -0.15) is 0 Å². The first kappa shape index (κ1) is 20.6. The molecule has 0 fully saturated rings. The van der Waals surface area contributed by atoms with Gasteiger partial charge < -0.3 is 19.9 Å². The van der Waals surface area contributed by atoms with Gasteiger partial charge in [0.15, 0.2) is 11.5 Å². The fourth-order valence-electron chi connectivity index (χ4n) is 2.98. The number of rotatable bonds is 8. The van der Waals surface area contributed by atoms with E-state index in [1.165, 1.54) is 0 Å². The molecule has 5 nitrogen and oxygen atoms in total. The first-order chi connectivity index (χ1) is 14.0. The van der Waals surface area contributed by atoms with Crippen molar-refractivity contribution in [2.45, 2.75) is 20.1 Å². The zero-order chi connectivity index (χ0) is 20.8. The molecule has 3 aromatic carbocycles. The quantitative estimate of drug-likeness (QED) is 0.509. The molecule has 0 atom stereocenters. The van der Waals surface area contributed by atoms with Crippen molar-refractivity contribution in [3.05, 3.63) is 87.9 Å². The van der Waals surface area contributed by atoms with Crippen LogP contribution in [0.3, 0.4) is 0 Å². The van der Waals surface area contributed by atoms with Crippen LogP contribution in [0.2, 0.25) is 5.02 Å². The van der Waals surface area contributed by atoms with E-state index in [0.717, 1.165) is 22.4 Å². The summed E-state index contributed by atoms with van der Waals surface area (Å²) in [6.07, 6.45) is 0. The van der Waals surface area contributed by atoms with E-state index in [9.17, 15) is 4.79 Å². The zero-order valence-corrected chi connectivity index (χ0v) is 17.0. The third kappa shape index (κ3) is 5.00. The van der Waals surface area contributed by atoms with Crippen molar-refractivity contribution in [2.75, 3.05) is 12.4 Å². The third-order valence-electron chi connectivity index (χ3n) is 4.55. The molecular formula is C23H22ClNO4. The first-order valence-corrected chi connectivity index (χ1v) is 9.47. The van der Waals surface area contributed by atoms with Crippen LogP contribution in [0.15, 0.2) is 60.7 Å². The van der Waals surface area contributed by atoms with Gasteiger partial charge in [0.1, 0.15) is 6.61 Å². The molecule has 3 rings (SSSR count). The number of anilines is 1. The van der Waals surface area contributed by atoms with Crippen LogP contribution in [-0.4, -0.2) is 18.2 Å². The van der Waals surface area contributed by atoms with Crippen molar-refractivity contribution >= 4 is 23.3 Å². The normalized spacial score (nSPS) is 10.4. The number of methoxy groups -OCH3 is 1. The Hall–Kier alpha value is -3.18. The van der Waals surface area contributed by atoms with E-state index in [0.29, 0.717) is 29.7 Å². The molecule has 6 heteroatoms.